The molecule has 0 saturated carbocycles. The monoisotopic (exact) mass is 288 g/mol. The van der Waals surface area contributed by atoms with Crippen LogP contribution in [-0.2, 0) is 4.79 Å². The molecule has 0 spiro atoms. The molecular weight excluding hydrogens is 271 g/mol. The molecule has 2 rings (SSSR count). The molecule has 5 heteroatoms. The van der Waals surface area contributed by atoms with Crippen molar-refractivity contribution < 1.29 is 13.9 Å². The number of benzene rings is 2. The van der Waals surface area contributed by atoms with Crippen molar-refractivity contribution in [3.05, 3.63) is 59.9 Å². The molecule has 0 aromatic heterocycles. The molecular formula is C16H17FN2O2. The van der Waals surface area contributed by atoms with Crippen molar-refractivity contribution in [3.8, 4) is 5.75 Å². The fraction of sp³-hybridized carbons (Fsp3) is 0.188. The number of ether oxygens (including phenoxy) is 1. The topological polar surface area (TPSA) is 64.3 Å². The van der Waals surface area contributed by atoms with Gasteiger partial charge in [-0.25, -0.2) is 4.39 Å². The molecule has 1 atom stereocenters. The van der Waals surface area contributed by atoms with Crippen LogP contribution in [0.4, 0.5) is 10.1 Å². The van der Waals surface area contributed by atoms with Gasteiger partial charge in [-0.05, 0) is 29.8 Å². The van der Waals surface area contributed by atoms with E-state index in [4.69, 9.17) is 10.5 Å². The summed E-state index contributed by atoms with van der Waals surface area (Å²) in [6.07, 6.45) is -0.490. The van der Waals surface area contributed by atoms with E-state index in [0.717, 1.165) is 0 Å². The van der Waals surface area contributed by atoms with Gasteiger partial charge >= 0.3 is 0 Å². The second-order valence-electron chi connectivity index (χ2n) is 4.57. The third-order valence-electron chi connectivity index (χ3n) is 2.90. The van der Waals surface area contributed by atoms with Crippen molar-refractivity contribution in [2.24, 2.45) is 5.73 Å². The first-order valence-corrected chi connectivity index (χ1v) is 6.59. The Kier molecular flexibility index (Phi) is 4.90. The number of anilines is 1. The zero-order chi connectivity index (χ0) is 15.2. The van der Waals surface area contributed by atoms with E-state index < -0.39 is 6.10 Å². The quantitative estimate of drug-likeness (QED) is 0.889. The fourth-order valence-corrected chi connectivity index (χ4v) is 1.97. The van der Waals surface area contributed by atoms with Crippen molar-refractivity contribution in [1.82, 2.24) is 0 Å². The molecule has 0 bridgehead atoms. The Morgan fingerprint density at radius 2 is 2.05 bits per heavy atom. The maximum Gasteiger partial charge on any atom is 0.221 e. The highest BCUT2D eigenvalue weighted by atomic mass is 19.1. The van der Waals surface area contributed by atoms with E-state index in [9.17, 15) is 9.18 Å². The average Bonchev–Trinajstić information content (AvgIpc) is 2.45. The predicted octanol–water partition coefficient (Wildman–Crippen LogP) is 2.86. The summed E-state index contributed by atoms with van der Waals surface area (Å²) >= 11 is 0. The molecule has 0 radical (unpaired) electrons. The number of halogens is 1. The number of para-hydroxylation sites is 2. The van der Waals surface area contributed by atoms with E-state index in [-0.39, 0.29) is 18.3 Å². The molecule has 1 amide bonds. The molecule has 0 fully saturated rings. The predicted molar refractivity (Wildman–Crippen MR) is 79.6 cm³/mol. The van der Waals surface area contributed by atoms with Crippen LogP contribution in [0, 0.1) is 5.82 Å². The van der Waals surface area contributed by atoms with E-state index >= 15 is 0 Å². The normalized spacial score (nSPS) is 11.8. The standard InChI is InChI=1S/C16H17FN2O2/c1-11(20)19-14-7-2-3-8-15(14)21-16(10-18)12-5-4-6-13(17)9-12/h2-9,16H,10,18H2,1H3,(H,19,20). The number of hydrogen-bond donors (Lipinski definition) is 2. The zero-order valence-corrected chi connectivity index (χ0v) is 11.7. The highest BCUT2D eigenvalue weighted by Crippen LogP contribution is 2.29. The van der Waals surface area contributed by atoms with E-state index in [2.05, 4.69) is 5.32 Å². The molecule has 0 aliphatic heterocycles. The van der Waals surface area contributed by atoms with Crippen LogP contribution in [0.25, 0.3) is 0 Å². The lowest BCUT2D eigenvalue weighted by molar-refractivity contribution is -0.114. The first-order valence-electron chi connectivity index (χ1n) is 6.59. The average molecular weight is 288 g/mol. The lowest BCUT2D eigenvalue weighted by Gasteiger charge is -2.20. The van der Waals surface area contributed by atoms with Crippen LogP contribution in [0.5, 0.6) is 5.75 Å². The Hall–Kier alpha value is -2.40. The third kappa shape index (κ3) is 4.03. The molecule has 1 unspecified atom stereocenters. The van der Waals surface area contributed by atoms with Crippen LogP contribution < -0.4 is 15.8 Å². The summed E-state index contributed by atoms with van der Waals surface area (Å²) in [5.74, 6) is -0.0433. The summed E-state index contributed by atoms with van der Waals surface area (Å²) in [5, 5.41) is 2.69. The van der Waals surface area contributed by atoms with Gasteiger partial charge in [-0.15, -0.1) is 0 Å². The summed E-state index contributed by atoms with van der Waals surface area (Å²) in [5.41, 5.74) is 6.92. The van der Waals surface area contributed by atoms with Gasteiger partial charge in [-0.1, -0.05) is 24.3 Å². The second kappa shape index (κ2) is 6.85. The largest absolute Gasteiger partial charge is 0.482 e. The van der Waals surface area contributed by atoms with Gasteiger partial charge < -0.3 is 15.8 Å². The molecule has 0 aliphatic rings. The van der Waals surface area contributed by atoms with Crippen molar-refractivity contribution in [1.29, 1.82) is 0 Å². The summed E-state index contributed by atoms with van der Waals surface area (Å²) in [6, 6.07) is 13.2. The molecule has 0 aliphatic carbocycles. The number of rotatable bonds is 5. The van der Waals surface area contributed by atoms with Crippen molar-refractivity contribution >= 4 is 11.6 Å². The number of hydrogen-bond acceptors (Lipinski definition) is 3. The van der Waals surface area contributed by atoms with Crippen molar-refractivity contribution in [3.63, 3.8) is 0 Å². The third-order valence-corrected chi connectivity index (χ3v) is 2.90. The van der Waals surface area contributed by atoms with Gasteiger partial charge in [0.1, 0.15) is 17.7 Å². The van der Waals surface area contributed by atoms with E-state index in [0.29, 0.717) is 17.0 Å². The van der Waals surface area contributed by atoms with E-state index in [1.807, 2.05) is 0 Å². The number of amides is 1. The van der Waals surface area contributed by atoms with Gasteiger partial charge in [-0.3, -0.25) is 4.79 Å². The first-order chi connectivity index (χ1) is 10.1. The minimum atomic E-state index is -0.490. The van der Waals surface area contributed by atoms with Crippen molar-refractivity contribution in [2.75, 3.05) is 11.9 Å². The maximum absolute atomic E-state index is 13.3. The first kappa shape index (κ1) is 15.0. The Morgan fingerprint density at radius 3 is 2.71 bits per heavy atom. The molecule has 4 nitrogen and oxygen atoms in total. The van der Waals surface area contributed by atoms with Crippen LogP contribution in [0.2, 0.25) is 0 Å². The van der Waals surface area contributed by atoms with Gasteiger partial charge in [0.25, 0.3) is 0 Å². The highest BCUT2D eigenvalue weighted by Gasteiger charge is 2.14. The van der Waals surface area contributed by atoms with Gasteiger partial charge in [0.15, 0.2) is 0 Å². The van der Waals surface area contributed by atoms with Crippen LogP contribution in [0.15, 0.2) is 48.5 Å². The molecule has 2 aromatic carbocycles. The molecule has 21 heavy (non-hydrogen) atoms. The molecule has 0 saturated heterocycles. The molecule has 2 aromatic rings. The maximum atomic E-state index is 13.3. The Bertz CT molecular complexity index is 631. The van der Waals surface area contributed by atoms with Gasteiger partial charge in [0, 0.05) is 13.5 Å². The second-order valence-corrected chi connectivity index (χ2v) is 4.57. The van der Waals surface area contributed by atoms with E-state index in [1.54, 1.807) is 36.4 Å². The Morgan fingerprint density at radius 1 is 1.29 bits per heavy atom. The number of nitrogens with one attached hydrogen (secondary N) is 1. The summed E-state index contributed by atoms with van der Waals surface area (Å²) < 4.78 is 19.1. The number of carbonyl (C=O) groups is 1. The van der Waals surface area contributed by atoms with Crippen LogP contribution in [-0.4, -0.2) is 12.5 Å². The summed E-state index contributed by atoms with van der Waals surface area (Å²) in [6.45, 7) is 1.61. The minimum absolute atomic E-state index is 0.192. The SMILES string of the molecule is CC(=O)Nc1ccccc1OC(CN)c1cccc(F)c1. The minimum Gasteiger partial charge on any atom is -0.482 e. The molecule has 0 heterocycles. The highest BCUT2D eigenvalue weighted by molar-refractivity contribution is 5.90. The van der Waals surface area contributed by atoms with Crippen LogP contribution in [0.1, 0.15) is 18.6 Å². The van der Waals surface area contributed by atoms with Gasteiger partial charge in [0.2, 0.25) is 5.91 Å². The fourth-order valence-electron chi connectivity index (χ4n) is 1.97. The lowest BCUT2D eigenvalue weighted by Crippen LogP contribution is -2.19. The van der Waals surface area contributed by atoms with Gasteiger partial charge in [-0.2, -0.15) is 0 Å². The Labute approximate surface area is 122 Å². The smallest absolute Gasteiger partial charge is 0.221 e. The molecule has 110 valence electrons. The van der Waals surface area contributed by atoms with Crippen LogP contribution >= 0.6 is 0 Å². The number of carbonyl (C=O) groups excluding carboxylic acids is 1. The lowest BCUT2D eigenvalue weighted by atomic mass is 10.1. The van der Waals surface area contributed by atoms with E-state index in [1.165, 1.54) is 19.1 Å². The number of nitrogens with two attached hydrogens (primary N) is 1. The van der Waals surface area contributed by atoms with Gasteiger partial charge in [0.05, 0.1) is 5.69 Å². The van der Waals surface area contributed by atoms with Crippen molar-refractivity contribution in [2.45, 2.75) is 13.0 Å². The summed E-state index contributed by atoms with van der Waals surface area (Å²) in [4.78, 5) is 11.2. The molecule has 3 N–H and O–H groups in total. The summed E-state index contributed by atoms with van der Waals surface area (Å²) in [7, 11) is 0. The Balaban J connectivity index is 2.25. The van der Waals surface area contributed by atoms with Crippen LogP contribution in [0.3, 0.4) is 0 Å². The zero-order valence-electron chi connectivity index (χ0n) is 11.7.